The molecule has 0 amide bonds. The van der Waals surface area contributed by atoms with Gasteiger partial charge in [0.15, 0.2) is 0 Å². The average molecular weight is 449 g/mol. The molecule has 9 heteroatoms. The summed E-state index contributed by atoms with van der Waals surface area (Å²) < 4.78 is 34.5. The lowest BCUT2D eigenvalue weighted by Crippen LogP contribution is -2.22. The Bertz CT molecular complexity index is 893. The third kappa shape index (κ3) is 7.10. The van der Waals surface area contributed by atoms with Crippen molar-refractivity contribution in [3.63, 3.8) is 0 Å². The van der Waals surface area contributed by atoms with Crippen LogP contribution in [-0.2, 0) is 17.6 Å². The number of hydrogen-bond donors (Lipinski definition) is 2. The SMILES string of the molecule is CCOc1ncc([C@@H](CC(=O)O)CC(F)(F)CCCCc2ccc3c(n2)NCCC3)cn1. The number of nitrogens with one attached hydrogen (secondary N) is 1. The van der Waals surface area contributed by atoms with Gasteiger partial charge in [-0.1, -0.05) is 6.07 Å². The van der Waals surface area contributed by atoms with Crippen LogP contribution in [0.15, 0.2) is 24.5 Å². The van der Waals surface area contributed by atoms with Crippen molar-refractivity contribution < 1.29 is 23.4 Å². The summed E-state index contributed by atoms with van der Waals surface area (Å²) in [6, 6.07) is 4.18. The smallest absolute Gasteiger partial charge is 0.316 e. The van der Waals surface area contributed by atoms with Gasteiger partial charge in [-0.2, -0.15) is 0 Å². The molecule has 3 heterocycles. The molecule has 0 radical (unpaired) electrons. The number of aryl methyl sites for hydroxylation is 2. The van der Waals surface area contributed by atoms with E-state index < -0.39 is 30.7 Å². The molecule has 1 aliphatic heterocycles. The predicted octanol–water partition coefficient (Wildman–Crippen LogP) is 4.63. The highest BCUT2D eigenvalue weighted by Crippen LogP contribution is 2.36. The Hall–Kier alpha value is -2.84. The van der Waals surface area contributed by atoms with E-state index in [9.17, 15) is 18.7 Å². The molecule has 2 aromatic heterocycles. The predicted molar refractivity (Wildman–Crippen MR) is 116 cm³/mol. The molecule has 1 aliphatic rings. The Morgan fingerprint density at radius 1 is 1.28 bits per heavy atom. The number of unbranched alkanes of at least 4 members (excludes halogenated alkanes) is 1. The van der Waals surface area contributed by atoms with Gasteiger partial charge in [0.25, 0.3) is 0 Å². The van der Waals surface area contributed by atoms with Gasteiger partial charge in [0.2, 0.25) is 5.92 Å². The topological polar surface area (TPSA) is 97.2 Å². The highest BCUT2D eigenvalue weighted by atomic mass is 19.3. The number of rotatable bonds is 12. The second-order valence-electron chi connectivity index (χ2n) is 8.13. The normalized spacial score (nSPS) is 14.3. The van der Waals surface area contributed by atoms with E-state index in [1.54, 1.807) is 6.92 Å². The number of halogens is 2. The Morgan fingerprint density at radius 2 is 2.06 bits per heavy atom. The van der Waals surface area contributed by atoms with Gasteiger partial charge in [0.1, 0.15) is 5.82 Å². The third-order valence-electron chi connectivity index (χ3n) is 5.54. The first-order chi connectivity index (χ1) is 15.4. The summed E-state index contributed by atoms with van der Waals surface area (Å²) in [5, 5.41) is 12.5. The minimum absolute atomic E-state index is 0.142. The molecule has 2 N–H and O–H groups in total. The summed E-state index contributed by atoms with van der Waals surface area (Å²) in [5.41, 5.74) is 2.48. The number of alkyl halides is 2. The van der Waals surface area contributed by atoms with E-state index in [0.29, 0.717) is 31.4 Å². The van der Waals surface area contributed by atoms with Crippen molar-refractivity contribution in [1.82, 2.24) is 15.0 Å². The molecular formula is C23H30F2N4O3. The van der Waals surface area contributed by atoms with Crippen molar-refractivity contribution in [1.29, 1.82) is 0 Å². The maximum atomic E-state index is 14.7. The van der Waals surface area contributed by atoms with Crippen molar-refractivity contribution in [3.8, 4) is 6.01 Å². The van der Waals surface area contributed by atoms with Gasteiger partial charge in [-0.3, -0.25) is 4.79 Å². The minimum Gasteiger partial charge on any atom is -0.481 e. The molecule has 0 fully saturated rings. The monoisotopic (exact) mass is 448 g/mol. The minimum atomic E-state index is -2.98. The van der Waals surface area contributed by atoms with Gasteiger partial charge in [-0.15, -0.1) is 0 Å². The molecule has 7 nitrogen and oxygen atoms in total. The summed E-state index contributed by atoms with van der Waals surface area (Å²) in [5.74, 6) is -4.07. The third-order valence-corrected chi connectivity index (χ3v) is 5.54. The number of carboxylic acids is 1. The number of aromatic nitrogens is 3. The number of carboxylic acid groups (broad SMARTS) is 1. The van der Waals surface area contributed by atoms with E-state index >= 15 is 0 Å². The van der Waals surface area contributed by atoms with Crippen LogP contribution in [0.25, 0.3) is 0 Å². The zero-order valence-corrected chi connectivity index (χ0v) is 18.3. The largest absolute Gasteiger partial charge is 0.481 e. The maximum absolute atomic E-state index is 14.7. The number of ether oxygens (including phenoxy) is 1. The van der Waals surface area contributed by atoms with Crippen LogP contribution < -0.4 is 10.1 Å². The van der Waals surface area contributed by atoms with E-state index in [1.165, 1.54) is 18.0 Å². The highest BCUT2D eigenvalue weighted by molar-refractivity contribution is 5.68. The van der Waals surface area contributed by atoms with Gasteiger partial charge in [0, 0.05) is 43.4 Å². The first-order valence-electron chi connectivity index (χ1n) is 11.1. The van der Waals surface area contributed by atoms with Crippen molar-refractivity contribution in [2.45, 2.75) is 70.1 Å². The molecule has 0 spiro atoms. The van der Waals surface area contributed by atoms with Gasteiger partial charge in [-0.25, -0.2) is 23.7 Å². The quantitative estimate of drug-likeness (QED) is 0.457. The molecule has 0 unspecified atom stereocenters. The van der Waals surface area contributed by atoms with Crippen LogP contribution in [0.5, 0.6) is 6.01 Å². The molecule has 0 aliphatic carbocycles. The first-order valence-corrected chi connectivity index (χ1v) is 11.1. The number of hydrogen-bond acceptors (Lipinski definition) is 6. The van der Waals surface area contributed by atoms with Crippen molar-refractivity contribution in [3.05, 3.63) is 41.3 Å². The van der Waals surface area contributed by atoms with E-state index in [4.69, 9.17) is 4.74 Å². The average Bonchev–Trinajstić information content (AvgIpc) is 2.76. The fourth-order valence-corrected chi connectivity index (χ4v) is 3.92. The van der Waals surface area contributed by atoms with Gasteiger partial charge in [-0.05, 0) is 56.2 Å². The highest BCUT2D eigenvalue weighted by Gasteiger charge is 2.34. The number of fused-ring (bicyclic) bond motifs is 1. The van der Waals surface area contributed by atoms with Crippen LogP contribution in [0.3, 0.4) is 0 Å². The van der Waals surface area contributed by atoms with E-state index in [-0.39, 0.29) is 12.4 Å². The second kappa shape index (κ2) is 11.2. The maximum Gasteiger partial charge on any atom is 0.316 e. The summed E-state index contributed by atoms with van der Waals surface area (Å²) >= 11 is 0. The molecule has 0 aromatic carbocycles. The fourth-order valence-electron chi connectivity index (χ4n) is 3.92. The zero-order valence-electron chi connectivity index (χ0n) is 18.3. The Labute approximate surface area is 186 Å². The lowest BCUT2D eigenvalue weighted by Gasteiger charge is -2.22. The molecule has 174 valence electrons. The first kappa shape index (κ1) is 23.8. The number of anilines is 1. The van der Waals surface area contributed by atoms with Crippen molar-refractivity contribution in [2.24, 2.45) is 0 Å². The number of pyridine rings is 1. The van der Waals surface area contributed by atoms with Crippen LogP contribution in [0, 0.1) is 0 Å². The summed E-state index contributed by atoms with van der Waals surface area (Å²) in [4.78, 5) is 23.8. The van der Waals surface area contributed by atoms with Crippen LogP contribution in [0.2, 0.25) is 0 Å². The lowest BCUT2D eigenvalue weighted by atomic mass is 9.89. The molecule has 32 heavy (non-hydrogen) atoms. The molecule has 3 rings (SSSR count). The Kier molecular flexibility index (Phi) is 8.30. The van der Waals surface area contributed by atoms with Gasteiger partial charge in [0.05, 0.1) is 13.0 Å². The zero-order chi connectivity index (χ0) is 23.0. The van der Waals surface area contributed by atoms with E-state index in [0.717, 1.165) is 30.9 Å². The fraction of sp³-hybridized carbons (Fsp3) is 0.565. The summed E-state index contributed by atoms with van der Waals surface area (Å²) in [6.45, 7) is 3.07. The Balaban J connectivity index is 1.52. The standard InChI is InChI=1S/C23H30F2N4O3/c1-2-32-22-27-14-18(15-28-22)17(12-20(30)31)13-23(24,25)10-4-3-7-19-9-8-16-6-5-11-26-21(16)29-19/h8-9,14-15,17H,2-7,10-13H2,1H3,(H,26,29)(H,30,31)/t17-/m0/s1. The molecule has 0 saturated heterocycles. The van der Waals surface area contributed by atoms with Crippen molar-refractivity contribution in [2.75, 3.05) is 18.5 Å². The molecule has 2 aromatic rings. The van der Waals surface area contributed by atoms with Crippen LogP contribution in [0.1, 0.15) is 68.2 Å². The number of nitrogens with zero attached hydrogens (tertiary/aromatic N) is 3. The van der Waals surface area contributed by atoms with E-state index in [2.05, 4.69) is 26.3 Å². The van der Waals surface area contributed by atoms with Crippen LogP contribution >= 0.6 is 0 Å². The molecular weight excluding hydrogens is 418 g/mol. The summed E-state index contributed by atoms with van der Waals surface area (Å²) in [6.07, 6.45) is 5.15. The lowest BCUT2D eigenvalue weighted by molar-refractivity contribution is -0.138. The number of aliphatic carboxylic acids is 1. The van der Waals surface area contributed by atoms with E-state index in [1.807, 2.05) is 6.07 Å². The summed E-state index contributed by atoms with van der Waals surface area (Å²) in [7, 11) is 0. The molecule has 0 saturated carbocycles. The second-order valence-corrected chi connectivity index (χ2v) is 8.13. The van der Waals surface area contributed by atoms with Crippen LogP contribution in [-0.4, -0.2) is 45.1 Å². The molecule has 0 bridgehead atoms. The van der Waals surface area contributed by atoms with Gasteiger partial charge >= 0.3 is 12.0 Å². The van der Waals surface area contributed by atoms with Crippen molar-refractivity contribution >= 4 is 11.8 Å². The number of carbonyl (C=O) groups is 1. The molecule has 1 atom stereocenters. The van der Waals surface area contributed by atoms with Gasteiger partial charge < -0.3 is 15.2 Å². The Morgan fingerprint density at radius 3 is 2.78 bits per heavy atom. The van der Waals surface area contributed by atoms with Crippen LogP contribution in [0.4, 0.5) is 14.6 Å².